The molecule has 2 aliphatic rings. The molecule has 0 saturated carbocycles. The van der Waals surface area contributed by atoms with Crippen LogP contribution in [-0.4, -0.2) is 54.8 Å². The number of aromatic nitrogens is 5. The van der Waals surface area contributed by atoms with E-state index in [-0.39, 0.29) is 12.0 Å². The van der Waals surface area contributed by atoms with Gasteiger partial charge in [-0.2, -0.15) is 5.10 Å². The fourth-order valence-electron chi connectivity index (χ4n) is 4.50. The number of amides is 1. The van der Waals surface area contributed by atoms with Crippen molar-refractivity contribution < 1.29 is 9.90 Å². The molecular formula is C23H22N8O2. The average molecular weight is 442 g/mol. The first-order valence-electron chi connectivity index (χ1n) is 10.9. The average Bonchev–Trinajstić information content (AvgIpc) is 3.48. The molecule has 0 bridgehead atoms. The van der Waals surface area contributed by atoms with Crippen LogP contribution in [0.15, 0.2) is 49.2 Å². The summed E-state index contributed by atoms with van der Waals surface area (Å²) in [6.45, 7) is 2.02. The Morgan fingerprint density at radius 1 is 1.06 bits per heavy atom. The number of pyridine rings is 2. The van der Waals surface area contributed by atoms with Gasteiger partial charge in [0.15, 0.2) is 5.65 Å². The van der Waals surface area contributed by atoms with Crippen molar-refractivity contribution in [1.82, 2.24) is 29.9 Å². The maximum absolute atomic E-state index is 12.7. The van der Waals surface area contributed by atoms with E-state index in [2.05, 4.69) is 35.6 Å². The number of hydrogen-bond donors (Lipinski definition) is 3. The SMILES string of the molecule is O=C1NCc2c(-c3ccnn4ccnc34)ncc(Nc3ccc(N4CCC(O)CC4)cn3)c21. The van der Waals surface area contributed by atoms with Crippen molar-refractivity contribution in [2.24, 2.45) is 0 Å². The highest BCUT2D eigenvalue weighted by atomic mass is 16.3. The summed E-state index contributed by atoms with van der Waals surface area (Å²) in [5, 5.41) is 20.1. The maximum Gasteiger partial charge on any atom is 0.254 e. The van der Waals surface area contributed by atoms with Crippen molar-refractivity contribution in [2.45, 2.75) is 25.5 Å². The van der Waals surface area contributed by atoms with Crippen LogP contribution in [0.5, 0.6) is 0 Å². The Morgan fingerprint density at radius 3 is 2.76 bits per heavy atom. The largest absolute Gasteiger partial charge is 0.393 e. The summed E-state index contributed by atoms with van der Waals surface area (Å²) in [5.74, 6) is 0.486. The first-order valence-corrected chi connectivity index (χ1v) is 10.9. The molecule has 0 unspecified atom stereocenters. The number of carbonyl (C=O) groups is 1. The van der Waals surface area contributed by atoms with Gasteiger partial charge in [0.2, 0.25) is 0 Å². The Bertz CT molecular complexity index is 1340. The van der Waals surface area contributed by atoms with Crippen LogP contribution in [0.2, 0.25) is 0 Å². The minimum Gasteiger partial charge on any atom is -0.393 e. The Balaban J connectivity index is 1.31. The first-order chi connectivity index (χ1) is 16.2. The summed E-state index contributed by atoms with van der Waals surface area (Å²) in [6.07, 6.45) is 9.96. The van der Waals surface area contributed by atoms with Gasteiger partial charge in [-0.25, -0.2) is 14.5 Å². The summed E-state index contributed by atoms with van der Waals surface area (Å²) < 4.78 is 1.69. The van der Waals surface area contributed by atoms with E-state index < -0.39 is 0 Å². The van der Waals surface area contributed by atoms with Gasteiger partial charge in [0.05, 0.1) is 41.1 Å². The topological polar surface area (TPSA) is 121 Å². The van der Waals surface area contributed by atoms with Gasteiger partial charge < -0.3 is 20.6 Å². The molecule has 10 nitrogen and oxygen atoms in total. The lowest BCUT2D eigenvalue weighted by molar-refractivity contribution is 0.0966. The Hall–Kier alpha value is -4.05. The monoisotopic (exact) mass is 442 g/mol. The number of hydrogen-bond acceptors (Lipinski definition) is 8. The molecule has 0 spiro atoms. The van der Waals surface area contributed by atoms with Crippen molar-refractivity contribution in [1.29, 1.82) is 0 Å². The van der Waals surface area contributed by atoms with Crippen LogP contribution in [0.4, 0.5) is 17.2 Å². The number of fused-ring (bicyclic) bond motifs is 2. The number of rotatable bonds is 4. The number of nitrogens with zero attached hydrogens (tertiary/aromatic N) is 6. The highest BCUT2D eigenvalue weighted by molar-refractivity contribution is 6.05. The van der Waals surface area contributed by atoms with Crippen LogP contribution in [0.25, 0.3) is 16.9 Å². The summed E-state index contributed by atoms with van der Waals surface area (Å²) in [7, 11) is 0. The minimum atomic E-state index is -0.212. The molecule has 0 aromatic carbocycles. The number of carbonyl (C=O) groups excluding carboxylic acids is 1. The van der Waals surface area contributed by atoms with E-state index in [4.69, 9.17) is 0 Å². The van der Waals surface area contributed by atoms with E-state index in [1.165, 1.54) is 0 Å². The standard InChI is InChI=1S/C23H22N8O2/c32-15-4-8-30(9-5-15)14-1-2-19(25-11-14)29-18-13-26-21(17-12-27-23(33)20(17)18)16-3-6-28-31-10-7-24-22(16)31/h1-3,6-7,10-11,13,15,32H,4-5,8-9,12H2,(H,25,29)(H,27,33). The van der Waals surface area contributed by atoms with E-state index >= 15 is 0 Å². The summed E-state index contributed by atoms with van der Waals surface area (Å²) in [5.41, 5.74) is 5.24. The van der Waals surface area contributed by atoms with Gasteiger partial charge in [-0.3, -0.25) is 9.78 Å². The predicted molar refractivity (Wildman–Crippen MR) is 122 cm³/mol. The van der Waals surface area contributed by atoms with Gasteiger partial charge in [-0.15, -0.1) is 0 Å². The van der Waals surface area contributed by atoms with Gasteiger partial charge in [0.1, 0.15) is 5.82 Å². The molecule has 1 fully saturated rings. The smallest absolute Gasteiger partial charge is 0.254 e. The second-order valence-electron chi connectivity index (χ2n) is 8.24. The molecule has 166 valence electrons. The number of imidazole rings is 1. The molecule has 0 aliphatic carbocycles. The molecule has 3 N–H and O–H groups in total. The molecule has 10 heteroatoms. The van der Waals surface area contributed by atoms with Gasteiger partial charge in [-0.05, 0) is 31.0 Å². The van der Waals surface area contributed by atoms with Crippen molar-refractivity contribution in [3.05, 3.63) is 60.3 Å². The lowest BCUT2D eigenvalue weighted by Crippen LogP contribution is -2.35. The zero-order valence-corrected chi connectivity index (χ0v) is 17.8. The number of piperidine rings is 1. The number of anilines is 3. The summed E-state index contributed by atoms with van der Waals surface area (Å²) >= 11 is 0. The second-order valence-corrected chi connectivity index (χ2v) is 8.24. The van der Waals surface area contributed by atoms with Gasteiger partial charge in [0, 0.05) is 49.4 Å². The number of aliphatic hydroxyl groups is 1. The first kappa shape index (κ1) is 19.6. The zero-order valence-electron chi connectivity index (χ0n) is 17.8. The van der Waals surface area contributed by atoms with E-state index in [1.807, 2.05) is 24.4 Å². The molecule has 4 aromatic rings. The van der Waals surface area contributed by atoms with E-state index in [1.54, 1.807) is 29.3 Å². The Morgan fingerprint density at radius 2 is 1.94 bits per heavy atom. The van der Waals surface area contributed by atoms with Crippen molar-refractivity contribution in [2.75, 3.05) is 23.3 Å². The molecule has 6 rings (SSSR count). The molecule has 4 aromatic heterocycles. The molecule has 0 atom stereocenters. The third-order valence-electron chi connectivity index (χ3n) is 6.22. The van der Waals surface area contributed by atoms with Gasteiger partial charge in [-0.1, -0.05) is 0 Å². The van der Waals surface area contributed by atoms with Gasteiger partial charge in [0.25, 0.3) is 5.91 Å². The molecule has 1 saturated heterocycles. The van der Waals surface area contributed by atoms with E-state index in [0.29, 0.717) is 35.0 Å². The van der Waals surface area contributed by atoms with Crippen molar-refractivity contribution in [3.63, 3.8) is 0 Å². The Labute approximate surface area is 189 Å². The van der Waals surface area contributed by atoms with Crippen LogP contribution in [0, 0.1) is 0 Å². The fourth-order valence-corrected chi connectivity index (χ4v) is 4.50. The summed E-state index contributed by atoms with van der Waals surface area (Å²) in [4.78, 5) is 28.5. The van der Waals surface area contributed by atoms with Crippen molar-refractivity contribution >= 4 is 28.7 Å². The third-order valence-corrected chi connectivity index (χ3v) is 6.22. The molecule has 0 radical (unpaired) electrons. The molecule has 2 aliphatic heterocycles. The van der Waals surface area contributed by atoms with Crippen LogP contribution in [0.3, 0.4) is 0 Å². The molecule has 6 heterocycles. The van der Waals surface area contributed by atoms with Crippen LogP contribution in [0.1, 0.15) is 28.8 Å². The van der Waals surface area contributed by atoms with Gasteiger partial charge >= 0.3 is 0 Å². The van der Waals surface area contributed by atoms with Crippen LogP contribution >= 0.6 is 0 Å². The molecule has 1 amide bonds. The maximum atomic E-state index is 12.7. The fraction of sp³-hybridized carbons (Fsp3) is 0.261. The zero-order chi connectivity index (χ0) is 22.4. The lowest BCUT2D eigenvalue weighted by Gasteiger charge is -2.31. The van der Waals surface area contributed by atoms with Crippen LogP contribution in [-0.2, 0) is 6.54 Å². The number of aliphatic hydroxyl groups excluding tert-OH is 1. The quantitative estimate of drug-likeness (QED) is 0.440. The summed E-state index contributed by atoms with van der Waals surface area (Å²) in [6, 6.07) is 5.76. The molecular weight excluding hydrogens is 420 g/mol. The highest BCUT2D eigenvalue weighted by Gasteiger charge is 2.28. The van der Waals surface area contributed by atoms with E-state index in [9.17, 15) is 9.90 Å². The normalized spacial score (nSPS) is 16.2. The molecule has 33 heavy (non-hydrogen) atoms. The van der Waals surface area contributed by atoms with E-state index in [0.717, 1.165) is 42.7 Å². The number of nitrogens with one attached hydrogen (secondary N) is 2. The Kier molecular flexibility index (Phi) is 4.65. The highest BCUT2D eigenvalue weighted by Crippen LogP contribution is 2.34. The van der Waals surface area contributed by atoms with Crippen LogP contribution < -0.4 is 15.5 Å². The second kappa shape index (κ2) is 7.82. The lowest BCUT2D eigenvalue weighted by atomic mass is 10.0. The predicted octanol–water partition coefficient (Wildman–Crippen LogP) is 2.13. The minimum absolute atomic E-state index is 0.145. The van der Waals surface area contributed by atoms with Crippen molar-refractivity contribution in [3.8, 4) is 11.3 Å². The third kappa shape index (κ3) is 3.44.